The van der Waals surface area contributed by atoms with Crippen molar-refractivity contribution in [1.82, 2.24) is 9.97 Å². The molecule has 0 radical (unpaired) electrons. The Kier molecular flexibility index (Phi) is 3.87. The van der Waals surface area contributed by atoms with E-state index in [9.17, 15) is 0 Å². The van der Waals surface area contributed by atoms with Crippen molar-refractivity contribution in [1.29, 1.82) is 0 Å². The molecule has 2 nitrogen and oxygen atoms in total. The predicted molar refractivity (Wildman–Crippen MR) is 59.7 cm³/mol. The number of aromatic nitrogens is 2. The van der Waals surface area contributed by atoms with Crippen LogP contribution in [0.5, 0.6) is 0 Å². The quantitative estimate of drug-likeness (QED) is 0.718. The SMILES string of the molecule is CC(C)Cc1nc(Cl)cc(C(C)C)n1. The number of rotatable bonds is 3. The van der Waals surface area contributed by atoms with Crippen molar-refractivity contribution < 1.29 is 0 Å². The van der Waals surface area contributed by atoms with E-state index in [0.29, 0.717) is 17.0 Å². The lowest BCUT2D eigenvalue weighted by Crippen LogP contribution is -2.04. The van der Waals surface area contributed by atoms with Crippen molar-refractivity contribution >= 4 is 11.6 Å². The van der Waals surface area contributed by atoms with Gasteiger partial charge in [-0.3, -0.25) is 0 Å². The van der Waals surface area contributed by atoms with Gasteiger partial charge in [-0.25, -0.2) is 9.97 Å². The summed E-state index contributed by atoms with van der Waals surface area (Å²) in [4.78, 5) is 8.69. The molecule has 1 rings (SSSR count). The molecule has 1 aromatic rings. The van der Waals surface area contributed by atoms with Crippen LogP contribution in [0.25, 0.3) is 0 Å². The fourth-order valence-electron chi connectivity index (χ4n) is 1.24. The van der Waals surface area contributed by atoms with Crippen LogP contribution in [-0.4, -0.2) is 9.97 Å². The van der Waals surface area contributed by atoms with Crippen molar-refractivity contribution in [3.8, 4) is 0 Å². The molecule has 0 unspecified atom stereocenters. The molecule has 0 N–H and O–H groups in total. The van der Waals surface area contributed by atoms with Gasteiger partial charge in [0.15, 0.2) is 0 Å². The summed E-state index contributed by atoms with van der Waals surface area (Å²) in [5.74, 6) is 1.83. The Hall–Kier alpha value is -0.630. The summed E-state index contributed by atoms with van der Waals surface area (Å²) in [5, 5.41) is 0.555. The van der Waals surface area contributed by atoms with Crippen LogP contribution in [0, 0.1) is 5.92 Å². The van der Waals surface area contributed by atoms with E-state index in [1.807, 2.05) is 6.07 Å². The van der Waals surface area contributed by atoms with Gasteiger partial charge in [0.25, 0.3) is 0 Å². The van der Waals surface area contributed by atoms with Gasteiger partial charge in [0.1, 0.15) is 11.0 Å². The third-order valence-electron chi connectivity index (χ3n) is 1.94. The van der Waals surface area contributed by atoms with E-state index in [-0.39, 0.29) is 0 Å². The van der Waals surface area contributed by atoms with Crippen LogP contribution in [0.1, 0.15) is 45.1 Å². The normalized spacial score (nSPS) is 11.4. The van der Waals surface area contributed by atoms with Crippen molar-refractivity contribution in [2.75, 3.05) is 0 Å². The number of nitrogens with zero attached hydrogens (tertiary/aromatic N) is 2. The highest BCUT2D eigenvalue weighted by Gasteiger charge is 2.07. The van der Waals surface area contributed by atoms with Gasteiger partial charge in [-0.2, -0.15) is 0 Å². The molecule has 0 fully saturated rings. The summed E-state index contributed by atoms with van der Waals surface area (Å²) in [6, 6.07) is 1.84. The molecule has 0 aliphatic carbocycles. The van der Waals surface area contributed by atoms with Gasteiger partial charge < -0.3 is 0 Å². The van der Waals surface area contributed by atoms with Gasteiger partial charge in [0.05, 0.1) is 0 Å². The third-order valence-corrected chi connectivity index (χ3v) is 2.14. The Labute approximate surface area is 90.7 Å². The molecule has 1 heterocycles. The van der Waals surface area contributed by atoms with Gasteiger partial charge in [0, 0.05) is 12.1 Å². The standard InChI is InChI=1S/C11H17ClN2/c1-7(2)5-11-13-9(8(3)4)6-10(12)14-11/h6-8H,5H2,1-4H3. The van der Waals surface area contributed by atoms with Gasteiger partial charge in [-0.05, 0) is 17.9 Å². The monoisotopic (exact) mass is 212 g/mol. The molecule has 0 saturated carbocycles. The topological polar surface area (TPSA) is 25.8 Å². The zero-order valence-electron chi connectivity index (χ0n) is 9.21. The largest absolute Gasteiger partial charge is 0.238 e. The lowest BCUT2D eigenvalue weighted by atomic mass is 10.1. The second kappa shape index (κ2) is 4.74. The first-order valence-electron chi connectivity index (χ1n) is 5.02. The van der Waals surface area contributed by atoms with Gasteiger partial charge in [-0.1, -0.05) is 39.3 Å². The molecule has 3 heteroatoms. The summed E-state index contributed by atoms with van der Waals surface area (Å²) < 4.78 is 0. The second-order valence-corrected chi connectivity index (χ2v) is 4.67. The zero-order valence-corrected chi connectivity index (χ0v) is 9.97. The van der Waals surface area contributed by atoms with Crippen molar-refractivity contribution in [3.05, 3.63) is 22.7 Å². The molecule has 0 spiro atoms. The molecule has 1 aromatic heterocycles. The smallest absolute Gasteiger partial charge is 0.133 e. The molecule has 0 aliphatic rings. The fraction of sp³-hybridized carbons (Fsp3) is 0.636. The Bertz CT molecular complexity index is 308. The number of hydrogen-bond donors (Lipinski definition) is 0. The molecule has 78 valence electrons. The second-order valence-electron chi connectivity index (χ2n) is 4.28. The maximum Gasteiger partial charge on any atom is 0.133 e. The summed E-state index contributed by atoms with van der Waals surface area (Å²) in [6.45, 7) is 8.52. The summed E-state index contributed by atoms with van der Waals surface area (Å²) in [7, 11) is 0. The highest BCUT2D eigenvalue weighted by molar-refractivity contribution is 6.29. The average Bonchev–Trinajstić information content (AvgIpc) is 2.01. The van der Waals surface area contributed by atoms with Crippen LogP contribution in [0.2, 0.25) is 5.15 Å². The van der Waals surface area contributed by atoms with E-state index < -0.39 is 0 Å². The molecule has 0 amide bonds. The molecule has 0 saturated heterocycles. The van der Waals surface area contributed by atoms with E-state index in [0.717, 1.165) is 17.9 Å². The molecule has 0 bridgehead atoms. The molecule has 14 heavy (non-hydrogen) atoms. The zero-order chi connectivity index (χ0) is 10.7. The van der Waals surface area contributed by atoms with Gasteiger partial charge in [0.2, 0.25) is 0 Å². The lowest BCUT2D eigenvalue weighted by Gasteiger charge is -2.08. The third kappa shape index (κ3) is 3.26. The highest BCUT2D eigenvalue weighted by atomic mass is 35.5. The predicted octanol–water partition coefficient (Wildman–Crippen LogP) is 3.45. The van der Waals surface area contributed by atoms with Crippen LogP contribution in [0.15, 0.2) is 6.07 Å². The minimum Gasteiger partial charge on any atom is -0.238 e. The van der Waals surface area contributed by atoms with Crippen LogP contribution in [0.3, 0.4) is 0 Å². The molecular weight excluding hydrogens is 196 g/mol. The first kappa shape index (κ1) is 11.4. The van der Waals surface area contributed by atoms with Crippen molar-refractivity contribution in [3.63, 3.8) is 0 Å². The Balaban J connectivity index is 2.95. The molecule has 0 atom stereocenters. The fourth-order valence-corrected chi connectivity index (χ4v) is 1.45. The van der Waals surface area contributed by atoms with Crippen molar-refractivity contribution in [2.45, 2.75) is 40.0 Å². The van der Waals surface area contributed by atoms with Gasteiger partial charge >= 0.3 is 0 Å². The van der Waals surface area contributed by atoms with Crippen LogP contribution in [0.4, 0.5) is 0 Å². The van der Waals surface area contributed by atoms with Crippen LogP contribution >= 0.6 is 11.6 Å². The summed E-state index contributed by atoms with van der Waals surface area (Å²) in [6.07, 6.45) is 0.889. The first-order chi connectivity index (χ1) is 6.49. The van der Waals surface area contributed by atoms with E-state index in [2.05, 4.69) is 37.7 Å². The highest BCUT2D eigenvalue weighted by Crippen LogP contribution is 2.16. The van der Waals surface area contributed by atoms with Gasteiger partial charge in [-0.15, -0.1) is 0 Å². The van der Waals surface area contributed by atoms with Crippen LogP contribution in [-0.2, 0) is 6.42 Å². The molecule has 0 aromatic carbocycles. The Morgan fingerprint density at radius 2 is 1.86 bits per heavy atom. The van der Waals surface area contributed by atoms with E-state index in [1.165, 1.54) is 0 Å². The summed E-state index contributed by atoms with van der Waals surface area (Å²) >= 11 is 5.93. The Morgan fingerprint density at radius 1 is 1.21 bits per heavy atom. The Morgan fingerprint density at radius 3 is 2.36 bits per heavy atom. The van der Waals surface area contributed by atoms with Crippen LogP contribution < -0.4 is 0 Å². The maximum atomic E-state index is 5.93. The lowest BCUT2D eigenvalue weighted by molar-refractivity contribution is 0.614. The van der Waals surface area contributed by atoms with E-state index in [4.69, 9.17) is 11.6 Å². The number of halogens is 1. The molecular formula is C11H17ClN2. The molecule has 0 aliphatic heterocycles. The average molecular weight is 213 g/mol. The minimum atomic E-state index is 0.404. The van der Waals surface area contributed by atoms with E-state index in [1.54, 1.807) is 0 Å². The minimum absolute atomic E-state index is 0.404. The van der Waals surface area contributed by atoms with Crippen molar-refractivity contribution in [2.24, 2.45) is 5.92 Å². The summed E-state index contributed by atoms with van der Waals surface area (Å²) in [5.41, 5.74) is 1.03. The first-order valence-corrected chi connectivity index (χ1v) is 5.40. The van der Waals surface area contributed by atoms with E-state index >= 15 is 0 Å². The maximum absolute atomic E-state index is 5.93. The number of hydrogen-bond acceptors (Lipinski definition) is 2.